The van der Waals surface area contributed by atoms with Crippen LogP contribution in [0.4, 0.5) is 0 Å². The second-order valence-corrected chi connectivity index (χ2v) is 5.67. The Morgan fingerprint density at radius 2 is 2.14 bits per heavy atom. The van der Waals surface area contributed by atoms with Crippen LogP contribution < -0.4 is 5.56 Å². The molecule has 1 atom stereocenters. The van der Waals surface area contributed by atoms with Gasteiger partial charge in [-0.1, -0.05) is 18.2 Å². The first-order valence-electron chi connectivity index (χ1n) is 7.57. The number of fused-ring (bicyclic) bond motifs is 1. The molecule has 0 saturated carbocycles. The average molecular weight is 300 g/mol. The minimum Gasteiger partial charge on any atom is -0.383 e. The fourth-order valence-electron chi connectivity index (χ4n) is 3.12. The van der Waals surface area contributed by atoms with E-state index in [9.17, 15) is 9.59 Å². The maximum absolute atomic E-state index is 12.5. The topological polar surface area (TPSA) is 51.5 Å². The number of methoxy groups -OCH3 is 1. The lowest BCUT2D eigenvalue weighted by atomic mass is 10.2. The number of rotatable bonds is 4. The van der Waals surface area contributed by atoms with E-state index >= 15 is 0 Å². The Morgan fingerprint density at radius 3 is 2.95 bits per heavy atom. The standard InChI is InChI=1S/C17H20N2O3/c1-22-12-14-6-4-9-19(14)16(20)11-18-10-8-13-5-2-3-7-15(13)17(18)21/h2-3,5,7-8,10,14H,4,6,9,11-12H2,1H3. The average Bonchev–Trinajstić information content (AvgIpc) is 2.99. The third kappa shape index (κ3) is 2.76. The molecule has 0 N–H and O–H groups in total. The highest BCUT2D eigenvalue weighted by atomic mass is 16.5. The molecular formula is C17H20N2O3. The number of hydrogen-bond donors (Lipinski definition) is 0. The van der Waals surface area contributed by atoms with Crippen molar-refractivity contribution in [2.24, 2.45) is 0 Å². The van der Waals surface area contributed by atoms with E-state index in [-0.39, 0.29) is 24.1 Å². The Kier molecular flexibility index (Phi) is 4.24. The number of hydrogen-bond acceptors (Lipinski definition) is 3. The number of carbonyl (C=O) groups excluding carboxylic acids is 1. The van der Waals surface area contributed by atoms with Crippen molar-refractivity contribution in [3.8, 4) is 0 Å². The first kappa shape index (κ1) is 14.8. The van der Waals surface area contributed by atoms with Crippen molar-refractivity contribution in [3.05, 3.63) is 46.9 Å². The van der Waals surface area contributed by atoms with E-state index in [1.807, 2.05) is 29.2 Å². The molecule has 2 heterocycles. The van der Waals surface area contributed by atoms with Gasteiger partial charge in [0, 0.05) is 25.2 Å². The fourth-order valence-corrected chi connectivity index (χ4v) is 3.12. The number of aromatic nitrogens is 1. The molecule has 0 spiro atoms. The summed E-state index contributed by atoms with van der Waals surface area (Å²) in [4.78, 5) is 26.8. The molecule has 0 radical (unpaired) electrons. The molecule has 22 heavy (non-hydrogen) atoms. The van der Waals surface area contributed by atoms with E-state index in [1.165, 1.54) is 4.57 Å². The van der Waals surface area contributed by atoms with Crippen LogP contribution in [-0.2, 0) is 16.1 Å². The van der Waals surface area contributed by atoms with Crippen LogP contribution >= 0.6 is 0 Å². The molecular weight excluding hydrogens is 280 g/mol. The van der Waals surface area contributed by atoms with Crippen LogP contribution in [0.15, 0.2) is 41.3 Å². The molecule has 2 aromatic rings. The van der Waals surface area contributed by atoms with Gasteiger partial charge in [-0.25, -0.2) is 0 Å². The minimum absolute atomic E-state index is 0.0167. The van der Waals surface area contributed by atoms with Crippen LogP contribution in [0.1, 0.15) is 12.8 Å². The monoisotopic (exact) mass is 300 g/mol. The summed E-state index contributed by atoms with van der Waals surface area (Å²) in [7, 11) is 1.65. The van der Waals surface area contributed by atoms with Crippen LogP contribution in [0, 0.1) is 0 Å². The van der Waals surface area contributed by atoms with E-state index in [4.69, 9.17) is 4.74 Å². The molecule has 5 heteroatoms. The van der Waals surface area contributed by atoms with E-state index < -0.39 is 0 Å². The van der Waals surface area contributed by atoms with Crippen LogP contribution in [0.3, 0.4) is 0 Å². The lowest BCUT2D eigenvalue weighted by molar-refractivity contribution is -0.133. The lowest BCUT2D eigenvalue weighted by Gasteiger charge is -2.24. The van der Waals surface area contributed by atoms with Gasteiger partial charge in [-0.15, -0.1) is 0 Å². The molecule has 0 aliphatic carbocycles. The normalized spacial score (nSPS) is 18.0. The van der Waals surface area contributed by atoms with Gasteiger partial charge in [0.05, 0.1) is 12.6 Å². The minimum atomic E-state index is -0.117. The fraction of sp³-hybridized carbons (Fsp3) is 0.412. The van der Waals surface area contributed by atoms with Crippen molar-refractivity contribution in [2.45, 2.75) is 25.4 Å². The van der Waals surface area contributed by atoms with E-state index in [0.717, 1.165) is 24.8 Å². The predicted octanol–water partition coefficient (Wildman–Crippen LogP) is 1.64. The molecule has 5 nitrogen and oxygen atoms in total. The first-order valence-corrected chi connectivity index (χ1v) is 7.57. The summed E-state index contributed by atoms with van der Waals surface area (Å²) in [5.74, 6) is -0.0167. The summed E-state index contributed by atoms with van der Waals surface area (Å²) in [6, 6.07) is 9.44. The van der Waals surface area contributed by atoms with Gasteiger partial charge < -0.3 is 14.2 Å². The molecule has 1 aliphatic heterocycles. The van der Waals surface area contributed by atoms with Crippen molar-refractivity contribution in [1.29, 1.82) is 0 Å². The molecule has 1 saturated heterocycles. The molecule has 1 aliphatic rings. The van der Waals surface area contributed by atoms with E-state index in [0.29, 0.717) is 12.0 Å². The van der Waals surface area contributed by atoms with Crippen LogP contribution in [-0.4, -0.2) is 41.7 Å². The van der Waals surface area contributed by atoms with Crippen molar-refractivity contribution < 1.29 is 9.53 Å². The molecule has 116 valence electrons. The molecule has 1 amide bonds. The summed E-state index contributed by atoms with van der Waals surface area (Å²) in [5, 5.41) is 1.54. The number of carbonyl (C=O) groups is 1. The van der Waals surface area contributed by atoms with Gasteiger partial charge in [0.2, 0.25) is 5.91 Å². The van der Waals surface area contributed by atoms with Gasteiger partial charge in [-0.2, -0.15) is 0 Å². The summed E-state index contributed by atoms with van der Waals surface area (Å²) in [5.41, 5.74) is -0.117. The number of nitrogens with zero attached hydrogens (tertiary/aromatic N) is 2. The zero-order valence-electron chi connectivity index (χ0n) is 12.7. The Labute approximate surface area is 129 Å². The molecule has 1 aromatic carbocycles. The van der Waals surface area contributed by atoms with Crippen molar-refractivity contribution in [3.63, 3.8) is 0 Å². The maximum Gasteiger partial charge on any atom is 0.258 e. The third-order valence-electron chi connectivity index (χ3n) is 4.25. The summed E-state index contributed by atoms with van der Waals surface area (Å²) in [6.07, 6.45) is 3.66. The number of amides is 1. The Hall–Kier alpha value is -2.14. The molecule has 1 aromatic heterocycles. The van der Waals surface area contributed by atoms with Gasteiger partial charge in [0.25, 0.3) is 5.56 Å². The third-order valence-corrected chi connectivity index (χ3v) is 4.25. The molecule has 3 rings (SSSR count). The van der Waals surface area contributed by atoms with Crippen molar-refractivity contribution in [1.82, 2.24) is 9.47 Å². The largest absolute Gasteiger partial charge is 0.383 e. The Bertz CT molecular complexity index is 738. The highest BCUT2D eigenvalue weighted by Gasteiger charge is 2.28. The Morgan fingerprint density at radius 1 is 1.32 bits per heavy atom. The van der Waals surface area contributed by atoms with Crippen LogP contribution in [0.5, 0.6) is 0 Å². The van der Waals surface area contributed by atoms with Gasteiger partial charge >= 0.3 is 0 Å². The van der Waals surface area contributed by atoms with Gasteiger partial charge in [0.1, 0.15) is 6.54 Å². The lowest BCUT2D eigenvalue weighted by Crippen LogP contribution is -2.41. The molecule has 0 bridgehead atoms. The summed E-state index contributed by atoms with van der Waals surface area (Å²) >= 11 is 0. The van der Waals surface area contributed by atoms with Crippen LogP contribution in [0.25, 0.3) is 10.8 Å². The second kappa shape index (κ2) is 6.32. The van der Waals surface area contributed by atoms with Gasteiger partial charge in [-0.05, 0) is 30.4 Å². The van der Waals surface area contributed by atoms with Gasteiger partial charge in [0.15, 0.2) is 0 Å². The SMILES string of the molecule is COCC1CCCN1C(=O)Cn1ccc2ccccc2c1=O. The highest BCUT2D eigenvalue weighted by molar-refractivity contribution is 5.82. The van der Waals surface area contributed by atoms with Gasteiger partial charge in [-0.3, -0.25) is 9.59 Å². The van der Waals surface area contributed by atoms with E-state index in [1.54, 1.807) is 19.4 Å². The highest BCUT2D eigenvalue weighted by Crippen LogP contribution is 2.18. The molecule has 1 unspecified atom stereocenters. The molecule has 1 fully saturated rings. The number of pyridine rings is 1. The maximum atomic E-state index is 12.5. The van der Waals surface area contributed by atoms with Crippen molar-refractivity contribution in [2.75, 3.05) is 20.3 Å². The second-order valence-electron chi connectivity index (χ2n) is 5.67. The van der Waals surface area contributed by atoms with Crippen molar-refractivity contribution >= 4 is 16.7 Å². The zero-order valence-corrected chi connectivity index (χ0v) is 12.7. The first-order chi connectivity index (χ1) is 10.7. The summed E-state index contributed by atoms with van der Waals surface area (Å²) < 4.78 is 6.67. The van der Waals surface area contributed by atoms with E-state index in [2.05, 4.69) is 0 Å². The predicted molar refractivity (Wildman–Crippen MR) is 84.8 cm³/mol. The number of ether oxygens (including phenoxy) is 1. The smallest absolute Gasteiger partial charge is 0.258 e. The quantitative estimate of drug-likeness (QED) is 0.862. The number of benzene rings is 1. The summed E-state index contributed by atoms with van der Waals surface area (Å²) in [6.45, 7) is 1.39. The zero-order chi connectivity index (χ0) is 15.5. The Balaban J connectivity index is 1.82. The number of likely N-dealkylation sites (tertiary alicyclic amines) is 1. The van der Waals surface area contributed by atoms with Crippen LogP contribution in [0.2, 0.25) is 0 Å².